The van der Waals surface area contributed by atoms with E-state index in [1.165, 1.54) is 10.5 Å². The van der Waals surface area contributed by atoms with Crippen molar-refractivity contribution >= 4 is 30.1 Å². The van der Waals surface area contributed by atoms with E-state index < -0.39 is 5.54 Å². The van der Waals surface area contributed by atoms with E-state index in [0.29, 0.717) is 6.54 Å². The first-order valence-corrected chi connectivity index (χ1v) is 9.38. The third kappa shape index (κ3) is 4.77. The minimum Gasteiger partial charge on any atom is -0.353 e. The second-order valence-electron chi connectivity index (χ2n) is 6.15. The van der Waals surface area contributed by atoms with E-state index in [4.69, 9.17) is 0 Å². The number of aryl methyl sites for hydroxylation is 1. The highest BCUT2D eigenvalue weighted by Gasteiger charge is 2.41. The van der Waals surface area contributed by atoms with Crippen LogP contribution in [-0.2, 0) is 10.3 Å². The first-order chi connectivity index (χ1) is 11.7. The average Bonchev–Trinajstić information content (AvgIpc) is 3.16. The molecule has 136 valence electrons. The fourth-order valence-corrected chi connectivity index (χ4v) is 3.82. The Kier molecular flexibility index (Phi) is 7.35. The number of benzene rings is 1. The van der Waals surface area contributed by atoms with Crippen molar-refractivity contribution in [3.63, 3.8) is 0 Å². The Morgan fingerprint density at radius 2 is 2.04 bits per heavy atom. The van der Waals surface area contributed by atoms with Crippen molar-refractivity contribution in [1.82, 2.24) is 20.4 Å². The summed E-state index contributed by atoms with van der Waals surface area (Å²) >= 11 is 1.76. The molecule has 0 atom stereocenters. The predicted octanol–water partition coefficient (Wildman–Crippen LogP) is 2.60. The van der Waals surface area contributed by atoms with E-state index in [1.807, 2.05) is 16.9 Å². The lowest BCUT2D eigenvalue weighted by molar-refractivity contribution is -0.131. The van der Waals surface area contributed by atoms with Crippen molar-refractivity contribution in [2.45, 2.75) is 30.2 Å². The van der Waals surface area contributed by atoms with Gasteiger partial charge < -0.3 is 10.6 Å². The lowest BCUT2D eigenvalue weighted by Gasteiger charge is -2.36. The maximum atomic E-state index is 12.9. The topological polar surface area (TPSA) is 59.0 Å². The predicted molar refractivity (Wildman–Crippen MR) is 104 cm³/mol. The molecule has 2 N–H and O–H groups in total. The van der Waals surface area contributed by atoms with Crippen molar-refractivity contribution in [3.8, 4) is 0 Å². The number of amides is 1. The Morgan fingerprint density at radius 3 is 2.68 bits per heavy atom. The van der Waals surface area contributed by atoms with Gasteiger partial charge in [-0.2, -0.15) is 5.10 Å². The minimum absolute atomic E-state index is 0. The lowest BCUT2D eigenvalue weighted by Crippen LogP contribution is -2.54. The number of carbonyl (C=O) groups excluding carboxylic acids is 1. The number of carbonyl (C=O) groups is 1. The van der Waals surface area contributed by atoms with Crippen LogP contribution in [0.1, 0.15) is 18.4 Å². The van der Waals surface area contributed by atoms with E-state index >= 15 is 0 Å². The van der Waals surface area contributed by atoms with Crippen LogP contribution in [-0.4, -0.2) is 41.1 Å². The van der Waals surface area contributed by atoms with Gasteiger partial charge in [-0.3, -0.25) is 9.48 Å². The van der Waals surface area contributed by atoms with Gasteiger partial charge in [-0.05, 0) is 51.1 Å². The van der Waals surface area contributed by atoms with E-state index in [-0.39, 0.29) is 18.3 Å². The molecule has 0 bridgehead atoms. The van der Waals surface area contributed by atoms with Crippen LogP contribution in [0.25, 0.3) is 0 Å². The van der Waals surface area contributed by atoms with Crippen molar-refractivity contribution in [1.29, 1.82) is 0 Å². The molecule has 2 heterocycles. The first kappa shape index (κ1) is 19.8. The van der Waals surface area contributed by atoms with E-state index in [0.717, 1.165) is 31.7 Å². The molecule has 0 spiro atoms. The summed E-state index contributed by atoms with van der Waals surface area (Å²) in [6.45, 7) is 4.42. The lowest BCUT2D eigenvalue weighted by atomic mass is 9.87. The average molecular weight is 381 g/mol. The zero-order chi connectivity index (χ0) is 16.8. The van der Waals surface area contributed by atoms with Gasteiger partial charge in [0.15, 0.2) is 0 Å². The summed E-state index contributed by atoms with van der Waals surface area (Å²) in [6, 6.07) is 10.4. The highest BCUT2D eigenvalue weighted by Crippen LogP contribution is 2.27. The first-order valence-electron chi connectivity index (χ1n) is 8.39. The molecule has 1 aromatic heterocycles. The largest absolute Gasteiger partial charge is 0.353 e. The maximum Gasteiger partial charge on any atom is 0.248 e. The molecule has 1 aliphatic rings. The highest BCUT2D eigenvalue weighted by molar-refractivity contribution is 7.99. The SMILES string of the molecule is Cc1ccc(SCCNC(=O)C2(n3cccn3)CCNCC2)cc1.Cl. The summed E-state index contributed by atoms with van der Waals surface area (Å²) in [5.74, 6) is 0.944. The van der Waals surface area contributed by atoms with Gasteiger partial charge in [0.2, 0.25) is 5.91 Å². The molecule has 0 saturated carbocycles. The van der Waals surface area contributed by atoms with Crippen LogP contribution in [0.4, 0.5) is 0 Å². The number of halogens is 1. The van der Waals surface area contributed by atoms with Gasteiger partial charge in [0.1, 0.15) is 5.54 Å². The Morgan fingerprint density at radius 1 is 1.32 bits per heavy atom. The number of hydrogen-bond donors (Lipinski definition) is 2. The van der Waals surface area contributed by atoms with Crippen molar-refractivity contribution in [2.75, 3.05) is 25.4 Å². The van der Waals surface area contributed by atoms with Gasteiger partial charge in [-0.25, -0.2) is 0 Å². The third-order valence-corrected chi connectivity index (χ3v) is 5.49. The Hall–Kier alpha value is -1.50. The zero-order valence-corrected chi connectivity index (χ0v) is 16.0. The van der Waals surface area contributed by atoms with Crippen LogP contribution in [0, 0.1) is 6.92 Å². The second kappa shape index (κ2) is 9.27. The molecular weight excluding hydrogens is 356 g/mol. The molecule has 1 amide bonds. The number of piperidine rings is 1. The fourth-order valence-electron chi connectivity index (χ4n) is 3.06. The number of aromatic nitrogens is 2. The summed E-state index contributed by atoms with van der Waals surface area (Å²) < 4.78 is 1.83. The number of hydrogen-bond acceptors (Lipinski definition) is 4. The molecule has 1 saturated heterocycles. The maximum absolute atomic E-state index is 12.9. The van der Waals surface area contributed by atoms with Crippen LogP contribution >= 0.6 is 24.2 Å². The van der Waals surface area contributed by atoms with E-state index in [2.05, 4.69) is 46.9 Å². The number of rotatable bonds is 6. The number of nitrogens with one attached hydrogen (secondary N) is 2. The zero-order valence-electron chi connectivity index (χ0n) is 14.4. The molecule has 3 rings (SSSR count). The van der Waals surface area contributed by atoms with Crippen LogP contribution in [0.15, 0.2) is 47.6 Å². The van der Waals surface area contributed by atoms with Gasteiger partial charge in [0, 0.05) is 29.6 Å². The Bertz CT molecular complexity index is 654. The van der Waals surface area contributed by atoms with Gasteiger partial charge in [-0.1, -0.05) is 17.7 Å². The molecule has 1 aromatic carbocycles. The van der Waals surface area contributed by atoms with E-state index in [9.17, 15) is 4.79 Å². The summed E-state index contributed by atoms with van der Waals surface area (Å²) in [4.78, 5) is 14.1. The van der Waals surface area contributed by atoms with Crippen molar-refractivity contribution in [2.24, 2.45) is 0 Å². The molecule has 0 unspecified atom stereocenters. The van der Waals surface area contributed by atoms with E-state index in [1.54, 1.807) is 18.0 Å². The van der Waals surface area contributed by atoms with Crippen molar-refractivity contribution < 1.29 is 4.79 Å². The molecule has 7 heteroatoms. The monoisotopic (exact) mass is 380 g/mol. The summed E-state index contributed by atoms with van der Waals surface area (Å²) in [6.07, 6.45) is 5.17. The van der Waals surface area contributed by atoms with Crippen LogP contribution in [0.5, 0.6) is 0 Å². The minimum atomic E-state index is -0.552. The van der Waals surface area contributed by atoms with Crippen LogP contribution in [0.2, 0.25) is 0 Å². The Balaban J connectivity index is 0.00000225. The second-order valence-corrected chi connectivity index (χ2v) is 7.32. The quantitative estimate of drug-likeness (QED) is 0.597. The number of thioether (sulfide) groups is 1. The standard InChI is InChI=1S/C18H24N4OS.ClH/c1-15-3-5-16(6-4-15)24-14-12-20-17(23)18(7-10-19-11-8-18)22-13-2-9-21-22;/h2-6,9,13,19H,7-8,10-12,14H2,1H3,(H,20,23);1H. The molecule has 5 nitrogen and oxygen atoms in total. The van der Waals surface area contributed by atoms with Gasteiger partial charge in [-0.15, -0.1) is 24.2 Å². The molecular formula is C18H25ClN4OS. The Labute approximate surface area is 159 Å². The van der Waals surface area contributed by atoms with Gasteiger partial charge >= 0.3 is 0 Å². The smallest absolute Gasteiger partial charge is 0.248 e. The summed E-state index contributed by atoms with van der Waals surface area (Å²) in [7, 11) is 0. The molecule has 25 heavy (non-hydrogen) atoms. The molecule has 0 aliphatic carbocycles. The molecule has 0 radical (unpaired) electrons. The fraction of sp³-hybridized carbons (Fsp3) is 0.444. The number of nitrogens with zero attached hydrogens (tertiary/aromatic N) is 2. The van der Waals surface area contributed by atoms with Gasteiger partial charge in [0.05, 0.1) is 0 Å². The normalized spacial score (nSPS) is 16.0. The van der Waals surface area contributed by atoms with Gasteiger partial charge in [0.25, 0.3) is 0 Å². The molecule has 2 aromatic rings. The summed E-state index contributed by atoms with van der Waals surface area (Å²) in [5, 5.41) is 10.8. The summed E-state index contributed by atoms with van der Waals surface area (Å²) in [5.41, 5.74) is 0.711. The highest BCUT2D eigenvalue weighted by atomic mass is 35.5. The molecule has 1 fully saturated rings. The third-order valence-electron chi connectivity index (χ3n) is 4.47. The molecule has 1 aliphatic heterocycles. The van der Waals surface area contributed by atoms with Crippen LogP contribution in [0.3, 0.4) is 0 Å². The van der Waals surface area contributed by atoms with Crippen LogP contribution < -0.4 is 10.6 Å². The van der Waals surface area contributed by atoms with Crippen molar-refractivity contribution in [3.05, 3.63) is 48.3 Å².